The number of anilines is 1. The Hall–Kier alpha value is -1.66. The van der Waals surface area contributed by atoms with E-state index in [2.05, 4.69) is 20.1 Å². The van der Waals surface area contributed by atoms with Gasteiger partial charge in [-0.15, -0.1) is 5.10 Å². The lowest BCUT2D eigenvalue weighted by Crippen LogP contribution is -2.40. The van der Waals surface area contributed by atoms with Crippen molar-refractivity contribution in [1.82, 2.24) is 15.2 Å². The maximum Gasteiger partial charge on any atom is 0.245 e. The Kier molecular flexibility index (Phi) is 3.58. The van der Waals surface area contributed by atoms with Crippen LogP contribution in [0.4, 0.5) is 10.3 Å². The maximum atomic E-state index is 13.5. The number of nitrogens with zero attached hydrogens (tertiary/aromatic N) is 3. The molecule has 3 N–H and O–H groups in total. The normalized spacial score (nSPS) is 16.6. The van der Waals surface area contributed by atoms with Crippen molar-refractivity contribution in [2.45, 2.75) is 18.9 Å². The molecule has 0 aliphatic carbocycles. The Bertz CT molecular complexity index is 607. The first-order valence-electron chi connectivity index (χ1n) is 6.52. The minimum atomic E-state index is -0.467. The lowest BCUT2D eigenvalue weighted by molar-refractivity contribution is 0.496. The molecule has 5 nitrogen and oxygen atoms in total. The molecule has 0 radical (unpaired) electrons. The fourth-order valence-electron chi connectivity index (χ4n) is 2.27. The summed E-state index contributed by atoms with van der Waals surface area (Å²) in [6, 6.07) is 4.82. The van der Waals surface area contributed by atoms with E-state index in [4.69, 9.17) is 17.3 Å². The Balaban J connectivity index is 1.81. The molecular weight excluding hydrogens is 281 g/mol. The molecule has 7 heteroatoms. The number of aromatic nitrogens is 3. The third-order valence-electron chi connectivity index (χ3n) is 3.49. The molecule has 0 saturated carbocycles. The van der Waals surface area contributed by atoms with Crippen molar-refractivity contribution in [2.24, 2.45) is 5.73 Å². The molecule has 20 heavy (non-hydrogen) atoms. The van der Waals surface area contributed by atoms with Crippen LogP contribution in [0.1, 0.15) is 12.8 Å². The second-order valence-electron chi connectivity index (χ2n) is 4.94. The molecule has 0 atom stereocenters. The summed E-state index contributed by atoms with van der Waals surface area (Å²) >= 11 is 5.67. The average molecular weight is 296 g/mol. The molecule has 1 aliphatic rings. The summed E-state index contributed by atoms with van der Waals surface area (Å²) < 4.78 is 13.5. The van der Waals surface area contributed by atoms with Crippen LogP contribution >= 0.6 is 11.6 Å². The topological polar surface area (TPSA) is 70.8 Å². The van der Waals surface area contributed by atoms with E-state index >= 15 is 0 Å². The zero-order valence-electron chi connectivity index (χ0n) is 10.8. The summed E-state index contributed by atoms with van der Waals surface area (Å²) in [5.41, 5.74) is 6.50. The summed E-state index contributed by atoms with van der Waals surface area (Å²) in [5, 5.41) is 7.12. The first-order valence-corrected chi connectivity index (χ1v) is 6.89. The second-order valence-corrected chi connectivity index (χ2v) is 5.34. The molecule has 0 spiro atoms. The van der Waals surface area contributed by atoms with Crippen LogP contribution in [0.25, 0.3) is 11.4 Å². The lowest BCUT2D eigenvalue weighted by Gasteiger charge is -2.28. The summed E-state index contributed by atoms with van der Waals surface area (Å²) in [5.74, 6) is 0.693. The molecule has 1 saturated heterocycles. The number of nitrogens with two attached hydrogens (primary N) is 1. The summed E-state index contributed by atoms with van der Waals surface area (Å²) in [6.45, 7) is 1.68. The molecule has 3 rings (SSSR count). The van der Waals surface area contributed by atoms with Crippen LogP contribution in [0.3, 0.4) is 0 Å². The van der Waals surface area contributed by atoms with E-state index < -0.39 is 5.82 Å². The Morgan fingerprint density at radius 3 is 2.80 bits per heavy atom. The summed E-state index contributed by atoms with van der Waals surface area (Å²) in [7, 11) is 0. The van der Waals surface area contributed by atoms with Gasteiger partial charge in [-0.05, 0) is 31.0 Å². The average Bonchev–Trinajstić information content (AvgIpc) is 2.92. The number of hydrogen-bond donors (Lipinski definition) is 2. The predicted octanol–water partition coefficient (Wildman–Crippen LogP) is 2.19. The van der Waals surface area contributed by atoms with Gasteiger partial charge in [0.05, 0.1) is 5.02 Å². The Morgan fingerprint density at radius 1 is 1.35 bits per heavy atom. The number of hydrogen-bond acceptors (Lipinski definition) is 4. The molecule has 0 unspecified atom stereocenters. The van der Waals surface area contributed by atoms with E-state index in [0.717, 1.165) is 25.9 Å². The zero-order chi connectivity index (χ0) is 14.1. The van der Waals surface area contributed by atoms with Crippen molar-refractivity contribution in [3.05, 3.63) is 29.0 Å². The van der Waals surface area contributed by atoms with Gasteiger partial charge in [-0.25, -0.2) is 4.39 Å². The van der Waals surface area contributed by atoms with Gasteiger partial charge >= 0.3 is 0 Å². The number of halogens is 2. The minimum absolute atomic E-state index is 0.0958. The van der Waals surface area contributed by atoms with Gasteiger partial charge in [0.2, 0.25) is 5.95 Å². The quantitative estimate of drug-likeness (QED) is 0.891. The van der Waals surface area contributed by atoms with Crippen LogP contribution in [0.2, 0.25) is 5.02 Å². The maximum absolute atomic E-state index is 13.5. The van der Waals surface area contributed by atoms with E-state index in [1.807, 2.05) is 0 Å². The SMILES string of the molecule is NC1CCN(c2n[nH]c(-c3ccc(Cl)c(F)c3)n2)CC1. The summed E-state index contributed by atoms with van der Waals surface area (Å²) in [6.07, 6.45) is 1.86. The Morgan fingerprint density at radius 2 is 2.10 bits per heavy atom. The zero-order valence-corrected chi connectivity index (χ0v) is 11.6. The first kappa shape index (κ1) is 13.3. The van der Waals surface area contributed by atoms with Gasteiger partial charge in [-0.2, -0.15) is 4.98 Å². The van der Waals surface area contributed by atoms with Crippen LogP contribution in [-0.2, 0) is 0 Å². The van der Waals surface area contributed by atoms with Crippen LogP contribution in [0.5, 0.6) is 0 Å². The molecule has 0 bridgehead atoms. The van der Waals surface area contributed by atoms with Crippen LogP contribution in [0.15, 0.2) is 18.2 Å². The highest BCUT2D eigenvalue weighted by Gasteiger charge is 2.19. The lowest BCUT2D eigenvalue weighted by atomic mass is 10.1. The molecular formula is C13H15ClFN5. The van der Waals surface area contributed by atoms with E-state index in [-0.39, 0.29) is 11.1 Å². The number of benzene rings is 1. The van der Waals surface area contributed by atoms with Crippen molar-refractivity contribution in [2.75, 3.05) is 18.0 Å². The van der Waals surface area contributed by atoms with Crippen molar-refractivity contribution >= 4 is 17.5 Å². The number of H-pyrrole nitrogens is 1. The molecule has 1 aromatic carbocycles. The first-order chi connectivity index (χ1) is 9.63. The molecule has 1 fully saturated rings. The summed E-state index contributed by atoms with van der Waals surface area (Å²) in [4.78, 5) is 6.49. The third-order valence-corrected chi connectivity index (χ3v) is 3.80. The number of nitrogens with one attached hydrogen (secondary N) is 1. The van der Waals surface area contributed by atoms with Gasteiger partial charge in [0.25, 0.3) is 0 Å². The smallest absolute Gasteiger partial charge is 0.245 e. The number of rotatable bonds is 2. The standard InChI is InChI=1S/C13H15ClFN5/c14-10-2-1-8(7-11(10)15)12-17-13(19-18-12)20-5-3-9(16)4-6-20/h1-2,7,9H,3-6,16H2,(H,17,18,19). The largest absolute Gasteiger partial charge is 0.339 e. The highest BCUT2D eigenvalue weighted by Crippen LogP contribution is 2.23. The fraction of sp³-hybridized carbons (Fsp3) is 0.385. The van der Waals surface area contributed by atoms with Gasteiger partial charge in [0.15, 0.2) is 5.82 Å². The van der Waals surface area contributed by atoms with E-state index in [9.17, 15) is 4.39 Å². The highest BCUT2D eigenvalue weighted by atomic mass is 35.5. The highest BCUT2D eigenvalue weighted by molar-refractivity contribution is 6.30. The van der Waals surface area contributed by atoms with Crippen LogP contribution in [-0.4, -0.2) is 34.3 Å². The monoisotopic (exact) mass is 295 g/mol. The molecule has 0 amide bonds. The van der Waals surface area contributed by atoms with E-state index in [1.165, 1.54) is 12.1 Å². The van der Waals surface area contributed by atoms with Gasteiger partial charge in [0.1, 0.15) is 5.82 Å². The molecule has 1 aromatic heterocycles. The fourth-order valence-corrected chi connectivity index (χ4v) is 2.38. The van der Waals surface area contributed by atoms with Gasteiger partial charge in [-0.3, -0.25) is 5.10 Å². The molecule has 2 heterocycles. The third kappa shape index (κ3) is 2.62. The molecule has 106 valence electrons. The number of aromatic amines is 1. The predicted molar refractivity (Wildman–Crippen MR) is 76.2 cm³/mol. The van der Waals surface area contributed by atoms with Crippen LogP contribution in [0, 0.1) is 5.82 Å². The van der Waals surface area contributed by atoms with Crippen molar-refractivity contribution in [1.29, 1.82) is 0 Å². The molecule has 2 aromatic rings. The minimum Gasteiger partial charge on any atom is -0.339 e. The van der Waals surface area contributed by atoms with Crippen molar-refractivity contribution < 1.29 is 4.39 Å². The van der Waals surface area contributed by atoms with Gasteiger partial charge < -0.3 is 10.6 Å². The van der Waals surface area contributed by atoms with Gasteiger partial charge in [-0.1, -0.05) is 11.6 Å². The second kappa shape index (κ2) is 5.38. The van der Waals surface area contributed by atoms with E-state index in [1.54, 1.807) is 6.07 Å². The van der Waals surface area contributed by atoms with Crippen molar-refractivity contribution in [3.63, 3.8) is 0 Å². The van der Waals surface area contributed by atoms with Gasteiger partial charge in [0, 0.05) is 24.7 Å². The van der Waals surface area contributed by atoms with E-state index in [0.29, 0.717) is 17.3 Å². The van der Waals surface area contributed by atoms with Crippen LogP contribution < -0.4 is 10.6 Å². The number of piperidine rings is 1. The van der Waals surface area contributed by atoms with Crippen molar-refractivity contribution in [3.8, 4) is 11.4 Å². The Labute approximate surface area is 120 Å². The molecule has 1 aliphatic heterocycles.